The van der Waals surface area contributed by atoms with Gasteiger partial charge in [0.25, 0.3) is 11.5 Å². The third kappa shape index (κ3) is 6.16. The van der Waals surface area contributed by atoms with Crippen LogP contribution in [0.1, 0.15) is 21.5 Å². The Kier molecular flexibility index (Phi) is 7.84. The molecule has 1 amide bonds. The maximum atomic E-state index is 13.9. The summed E-state index contributed by atoms with van der Waals surface area (Å²) in [6.45, 7) is 2.17. The van der Waals surface area contributed by atoms with E-state index in [1.54, 1.807) is 60.9 Å². The fourth-order valence-corrected chi connectivity index (χ4v) is 4.02. The average molecular weight is 556 g/mol. The van der Waals surface area contributed by atoms with Gasteiger partial charge >= 0.3 is 0 Å². The Morgan fingerprint density at radius 2 is 1.82 bits per heavy atom. The maximum absolute atomic E-state index is 13.9. The van der Waals surface area contributed by atoms with Crippen LogP contribution < -0.4 is 20.9 Å². The van der Waals surface area contributed by atoms with Crippen LogP contribution in [0, 0.1) is 12.7 Å². The van der Waals surface area contributed by atoms with E-state index in [4.69, 9.17) is 16.3 Å². The minimum atomic E-state index is -0.582. The van der Waals surface area contributed by atoms with E-state index in [0.29, 0.717) is 28.6 Å². The summed E-state index contributed by atoms with van der Waals surface area (Å²) < 4.78 is 21.0. The Morgan fingerprint density at radius 1 is 1.02 bits per heavy atom. The van der Waals surface area contributed by atoms with E-state index >= 15 is 0 Å². The summed E-state index contributed by atoms with van der Waals surface area (Å²) in [5, 5.41) is 10.7. The molecule has 0 aliphatic heterocycles. The number of nitrogens with zero attached hydrogens (tertiary/aromatic N) is 3. The lowest BCUT2D eigenvalue weighted by Gasteiger charge is -2.15. The molecule has 0 unspecified atom stereocenters. The second-order valence-corrected chi connectivity index (χ2v) is 9.24. The van der Waals surface area contributed by atoms with Gasteiger partial charge in [-0.1, -0.05) is 23.7 Å². The number of nitrogens with one attached hydrogen (secondary N) is 2. The fourth-order valence-electron chi connectivity index (χ4n) is 3.90. The molecule has 2 N–H and O–H groups in total. The van der Waals surface area contributed by atoms with Gasteiger partial charge in [0.05, 0.1) is 11.9 Å². The molecule has 0 spiro atoms. The van der Waals surface area contributed by atoms with Crippen LogP contribution in [-0.2, 0) is 6.54 Å². The molecule has 40 heavy (non-hydrogen) atoms. The molecule has 0 saturated heterocycles. The summed E-state index contributed by atoms with van der Waals surface area (Å²) in [6, 6.07) is 20.9. The summed E-state index contributed by atoms with van der Waals surface area (Å²) in [6.07, 6.45) is 4.68. The lowest BCUT2D eigenvalue weighted by atomic mass is 10.1. The molecule has 0 aliphatic carbocycles. The highest BCUT2D eigenvalue weighted by atomic mass is 35.5. The van der Waals surface area contributed by atoms with E-state index in [9.17, 15) is 14.0 Å². The molecule has 2 aromatic heterocycles. The van der Waals surface area contributed by atoms with Crippen molar-refractivity contribution in [2.45, 2.75) is 13.5 Å². The van der Waals surface area contributed by atoms with E-state index in [0.717, 1.165) is 15.8 Å². The third-order valence-electron chi connectivity index (χ3n) is 5.95. The molecule has 2 heterocycles. The van der Waals surface area contributed by atoms with Gasteiger partial charge in [-0.2, -0.15) is 9.78 Å². The Bertz CT molecular complexity index is 1740. The molecule has 0 atom stereocenters. The number of hydrogen-bond acceptors (Lipinski definition) is 6. The van der Waals surface area contributed by atoms with Crippen LogP contribution in [-0.4, -0.2) is 20.7 Å². The largest absolute Gasteiger partial charge is 0.453 e. The normalized spacial score (nSPS) is 10.7. The molecule has 3 aromatic carbocycles. The van der Waals surface area contributed by atoms with E-state index < -0.39 is 11.4 Å². The van der Waals surface area contributed by atoms with Gasteiger partial charge in [0.2, 0.25) is 0 Å². The smallest absolute Gasteiger partial charge is 0.299 e. The van der Waals surface area contributed by atoms with Crippen molar-refractivity contribution in [1.82, 2.24) is 20.1 Å². The number of aryl methyl sites for hydroxylation is 1. The number of pyridine rings is 1. The average Bonchev–Trinajstić information content (AvgIpc) is 2.96. The van der Waals surface area contributed by atoms with Crippen LogP contribution >= 0.6 is 11.6 Å². The minimum Gasteiger partial charge on any atom is -0.453 e. The maximum Gasteiger partial charge on any atom is 0.299 e. The number of benzene rings is 3. The molecule has 0 saturated carbocycles. The van der Waals surface area contributed by atoms with Gasteiger partial charge in [0.1, 0.15) is 11.6 Å². The number of carbonyl (C=O) groups is 1. The van der Waals surface area contributed by atoms with Gasteiger partial charge in [-0.15, -0.1) is 0 Å². The Labute approximate surface area is 234 Å². The molecule has 5 rings (SSSR count). The van der Waals surface area contributed by atoms with Crippen molar-refractivity contribution >= 4 is 28.9 Å². The molecular formula is C30H23ClFN5O3. The first-order valence-electron chi connectivity index (χ1n) is 12.2. The summed E-state index contributed by atoms with van der Waals surface area (Å²) in [5.74, 6) is -0.227. The van der Waals surface area contributed by atoms with Crippen LogP contribution in [0.2, 0.25) is 5.02 Å². The number of ether oxygens (including phenoxy) is 1. The van der Waals surface area contributed by atoms with Crippen molar-refractivity contribution in [3.05, 3.63) is 135 Å². The second kappa shape index (κ2) is 11.8. The second-order valence-electron chi connectivity index (χ2n) is 8.84. The van der Waals surface area contributed by atoms with Crippen molar-refractivity contribution in [2.75, 3.05) is 5.32 Å². The van der Waals surface area contributed by atoms with Crippen molar-refractivity contribution < 1.29 is 13.9 Å². The highest BCUT2D eigenvalue weighted by Crippen LogP contribution is 2.31. The summed E-state index contributed by atoms with van der Waals surface area (Å²) in [4.78, 5) is 30.4. The summed E-state index contributed by atoms with van der Waals surface area (Å²) in [5.41, 5.74) is 2.25. The molecule has 10 heteroatoms. The lowest BCUT2D eigenvalue weighted by Crippen LogP contribution is -2.24. The Balaban J connectivity index is 1.48. The lowest BCUT2D eigenvalue weighted by molar-refractivity contribution is 0.0951. The fraction of sp³-hybridized carbons (Fsp3) is 0.0667. The van der Waals surface area contributed by atoms with E-state index in [-0.39, 0.29) is 23.0 Å². The number of hydrogen-bond donors (Lipinski definition) is 2. The van der Waals surface area contributed by atoms with Crippen LogP contribution in [0.15, 0.2) is 102 Å². The van der Waals surface area contributed by atoms with E-state index in [2.05, 4.69) is 20.7 Å². The third-order valence-corrected chi connectivity index (χ3v) is 6.37. The zero-order chi connectivity index (χ0) is 28.1. The van der Waals surface area contributed by atoms with E-state index in [1.165, 1.54) is 24.4 Å². The van der Waals surface area contributed by atoms with Crippen molar-refractivity contribution in [1.29, 1.82) is 0 Å². The quantitative estimate of drug-likeness (QED) is 0.237. The first-order valence-corrected chi connectivity index (χ1v) is 12.6. The van der Waals surface area contributed by atoms with Gasteiger partial charge in [0, 0.05) is 35.2 Å². The molecule has 5 aromatic rings. The number of aromatic nitrogens is 3. The van der Waals surface area contributed by atoms with Crippen molar-refractivity contribution in [2.24, 2.45) is 0 Å². The first-order chi connectivity index (χ1) is 19.4. The van der Waals surface area contributed by atoms with Crippen LogP contribution in [0.5, 0.6) is 11.5 Å². The molecule has 0 bridgehead atoms. The minimum absolute atomic E-state index is 0.0428. The molecule has 8 nitrogen and oxygen atoms in total. The standard InChI is InChI=1S/C30H23ClFN5O3/c1-19-14-25(8-9-26(19)31)40-27-18-35-37(24-7-3-5-22(32)16-24)30(39)28(27)36-23-6-2-4-21(15-23)29(38)34-17-20-10-12-33-13-11-20/h2-16,18,36H,17H2,1H3,(H,34,38). The zero-order valence-corrected chi connectivity index (χ0v) is 22.0. The number of halogens is 2. The van der Waals surface area contributed by atoms with Crippen LogP contribution in [0.4, 0.5) is 15.8 Å². The number of rotatable bonds is 8. The Hall–Kier alpha value is -5.02. The van der Waals surface area contributed by atoms with Crippen molar-refractivity contribution in [3.8, 4) is 17.2 Å². The highest BCUT2D eigenvalue weighted by Gasteiger charge is 2.17. The Morgan fingerprint density at radius 3 is 2.60 bits per heavy atom. The number of amides is 1. The van der Waals surface area contributed by atoms with Gasteiger partial charge in [-0.05, 0) is 84.8 Å². The number of carbonyl (C=O) groups excluding carboxylic acids is 1. The predicted molar refractivity (Wildman–Crippen MR) is 151 cm³/mol. The SMILES string of the molecule is Cc1cc(Oc2cnn(-c3cccc(F)c3)c(=O)c2Nc2cccc(C(=O)NCc3ccncc3)c2)ccc1Cl. The first kappa shape index (κ1) is 26.6. The predicted octanol–water partition coefficient (Wildman–Crippen LogP) is 6.19. The van der Waals surface area contributed by atoms with Crippen LogP contribution in [0.3, 0.4) is 0 Å². The van der Waals surface area contributed by atoms with E-state index in [1.807, 2.05) is 19.1 Å². The molecular weight excluding hydrogens is 533 g/mol. The summed E-state index contributed by atoms with van der Waals surface area (Å²) in [7, 11) is 0. The molecule has 0 radical (unpaired) electrons. The monoisotopic (exact) mass is 555 g/mol. The topological polar surface area (TPSA) is 98.1 Å². The van der Waals surface area contributed by atoms with Crippen LogP contribution in [0.25, 0.3) is 5.69 Å². The van der Waals surface area contributed by atoms with Gasteiger partial charge in [-0.3, -0.25) is 14.6 Å². The van der Waals surface area contributed by atoms with Gasteiger partial charge < -0.3 is 15.4 Å². The highest BCUT2D eigenvalue weighted by molar-refractivity contribution is 6.31. The van der Waals surface area contributed by atoms with Gasteiger partial charge in [0.15, 0.2) is 11.4 Å². The van der Waals surface area contributed by atoms with Crippen molar-refractivity contribution in [3.63, 3.8) is 0 Å². The zero-order valence-electron chi connectivity index (χ0n) is 21.3. The molecule has 200 valence electrons. The van der Waals surface area contributed by atoms with Gasteiger partial charge in [-0.25, -0.2) is 4.39 Å². The molecule has 0 fully saturated rings. The number of anilines is 2. The summed E-state index contributed by atoms with van der Waals surface area (Å²) >= 11 is 6.15. The molecule has 0 aliphatic rings.